The van der Waals surface area contributed by atoms with E-state index in [4.69, 9.17) is 23.8 Å². The van der Waals surface area contributed by atoms with Gasteiger partial charge in [0, 0.05) is 22.5 Å². The summed E-state index contributed by atoms with van der Waals surface area (Å²) in [4.78, 5) is 25.7. The predicted octanol–water partition coefficient (Wildman–Crippen LogP) is 2.50. The third-order valence-electron chi connectivity index (χ3n) is 2.71. The van der Waals surface area contributed by atoms with Gasteiger partial charge in [0.1, 0.15) is 5.69 Å². The number of hydrazine groups is 1. The molecule has 2 aromatic rings. The molecule has 0 saturated carbocycles. The number of rotatable bonds is 3. The molecule has 0 saturated heterocycles. The van der Waals surface area contributed by atoms with Crippen LogP contribution < -0.4 is 16.2 Å². The van der Waals surface area contributed by atoms with Gasteiger partial charge in [-0.15, -0.1) is 0 Å². The van der Waals surface area contributed by atoms with Crippen LogP contribution in [0.3, 0.4) is 0 Å². The quantitative estimate of drug-likeness (QED) is 0.393. The van der Waals surface area contributed by atoms with E-state index in [2.05, 4.69) is 21.2 Å². The Labute approximate surface area is 137 Å². The summed E-state index contributed by atoms with van der Waals surface area (Å²) in [5, 5.41) is 3.64. The van der Waals surface area contributed by atoms with Gasteiger partial charge in [0.25, 0.3) is 5.91 Å². The Hall–Kier alpha value is -2.38. The molecule has 22 heavy (non-hydrogen) atoms. The molecule has 0 bridgehead atoms. The van der Waals surface area contributed by atoms with Crippen LogP contribution in [0.15, 0.2) is 36.5 Å². The summed E-state index contributed by atoms with van der Waals surface area (Å²) in [6.07, 6.45) is 1.47. The Morgan fingerprint density at radius 2 is 2.00 bits per heavy atom. The second-order valence-corrected chi connectivity index (χ2v) is 5.25. The Morgan fingerprint density at radius 3 is 2.64 bits per heavy atom. The number of carbonyl (C=O) groups is 2. The number of thiocarbonyl (C=S) groups is 1. The van der Waals surface area contributed by atoms with E-state index in [9.17, 15) is 9.59 Å². The van der Waals surface area contributed by atoms with Crippen molar-refractivity contribution in [1.82, 2.24) is 15.8 Å². The molecule has 8 heteroatoms. The maximum Gasteiger partial charge on any atom is 0.286 e. The molecule has 4 N–H and O–H groups in total. The Morgan fingerprint density at radius 1 is 1.23 bits per heavy atom. The van der Waals surface area contributed by atoms with Crippen molar-refractivity contribution in [3.05, 3.63) is 52.8 Å². The van der Waals surface area contributed by atoms with Crippen molar-refractivity contribution in [2.24, 2.45) is 0 Å². The van der Waals surface area contributed by atoms with Crippen LogP contribution in [0.2, 0.25) is 5.02 Å². The average Bonchev–Trinajstić information content (AvgIpc) is 2.95. The van der Waals surface area contributed by atoms with Crippen LogP contribution in [0.4, 0.5) is 5.69 Å². The zero-order valence-corrected chi connectivity index (χ0v) is 13.1. The van der Waals surface area contributed by atoms with Gasteiger partial charge in [-0.2, -0.15) is 0 Å². The van der Waals surface area contributed by atoms with Crippen molar-refractivity contribution in [2.45, 2.75) is 6.92 Å². The van der Waals surface area contributed by atoms with Crippen LogP contribution in [-0.2, 0) is 0 Å². The third kappa shape index (κ3) is 4.31. The summed E-state index contributed by atoms with van der Waals surface area (Å²) in [5.41, 5.74) is 6.36. The van der Waals surface area contributed by atoms with Gasteiger partial charge < -0.3 is 10.3 Å². The van der Waals surface area contributed by atoms with Gasteiger partial charge in [0.15, 0.2) is 10.9 Å². The minimum atomic E-state index is -0.442. The number of aromatic nitrogens is 1. The van der Waals surface area contributed by atoms with Crippen molar-refractivity contribution in [3.8, 4) is 0 Å². The van der Waals surface area contributed by atoms with E-state index in [1.165, 1.54) is 19.2 Å². The van der Waals surface area contributed by atoms with Crippen LogP contribution >= 0.6 is 23.8 Å². The fourth-order valence-corrected chi connectivity index (χ4v) is 2.00. The van der Waals surface area contributed by atoms with Crippen LogP contribution in [0.5, 0.6) is 0 Å². The lowest BCUT2D eigenvalue weighted by Gasteiger charge is -2.11. The summed E-state index contributed by atoms with van der Waals surface area (Å²) < 4.78 is 0. The molecule has 0 atom stereocenters. The van der Waals surface area contributed by atoms with E-state index in [1.54, 1.807) is 24.3 Å². The minimum absolute atomic E-state index is 0.124. The lowest BCUT2D eigenvalue weighted by molar-refractivity contribution is 0.0939. The van der Waals surface area contributed by atoms with Crippen molar-refractivity contribution in [2.75, 3.05) is 5.32 Å². The zero-order chi connectivity index (χ0) is 16.1. The number of anilines is 1. The van der Waals surface area contributed by atoms with Crippen molar-refractivity contribution in [1.29, 1.82) is 0 Å². The van der Waals surface area contributed by atoms with Gasteiger partial charge in [-0.3, -0.25) is 20.4 Å². The molecule has 0 unspecified atom stereocenters. The van der Waals surface area contributed by atoms with Crippen LogP contribution in [0.25, 0.3) is 0 Å². The molecule has 6 nitrogen and oxygen atoms in total. The first kappa shape index (κ1) is 16.0. The van der Waals surface area contributed by atoms with Gasteiger partial charge in [-0.1, -0.05) is 17.7 Å². The molecule has 0 fully saturated rings. The van der Waals surface area contributed by atoms with Crippen molar-refractivity contribution in [3.63, 3.8) is 0 Å². The lowest BCUT2D eigenvalue weighted by Crippen LogP contribution is -2.43. The molecule has 1 amide bonds. The van der Waals surface area contributed by atoms with E-state index >= 15 is 0 Å². The molecule has 0 spiro atoms. The topological polar surface area (TPSA) is 86.0 Å². The van der Waals surface area contributed by atoms with Gasteiger partial charge in [0.05, 0.1) is 0 Å². The second-order valence-electron chi connectivity index (χ2n) is 4.40. The number of halogens is 1. The number of Topliss-reactive ketones (excluding diaryl/α,β-unsaturated/α-hetero) is 1. The van der Waals surface area contributed by atoms with E-state index in [0.29, 0.717) is 16.3 Å². The number of hydrogen-bond acceptors (Lipinski definition) is 3. The number of nitrogens with one attached hydrogen (secondary N) is 4. The van der Waals surface area contributed by atoms with E-state index in [1.807, 2.05) is 0 Å². The van der Waals surface area contributed by atoms with Gasteiger partial charge in [-0.05, 0) is 43.4 Å². The summed E-state index contributed by atoms with van der Waals surface area (Å²) >= 11 is 10.9. The molecule has 1 heterocycles. The number of carbonyl (C=O) groups excluding carboxylic acids is 2. The average molecular weight is 337 g/mol. The smallest absolute Gasteiger partial charge is 0.286 e. The normalized spacial score (nSPS) is 9.91. The first-order valence-corrected chi connectivity index (χ1v) is 7.06. The third-order valence-corrected chi connectivity index (χ3v) is 3.15. The first-order valence-electron chi connectivity index (χ1n) is 6.28. The van der Waals surface area contributed by atoms with Crippen molar-refractivity contribution >= 4 is 46.3 Å². The van der Waals surface area contributed by atoms with E-state index in [0.717, 1.165) is 0 Å². The van der Waals surface area contributed by atoms with Crippen LogP contribution in [0.1, 0.15) is 27.8 Å². The summed E-state index contributed by atoms with van der Waals surface area (Å²) in [6, 6.07) is 8.46. The zero-order valence-electron chi connectivity index (χ0n) is 11.6. The van der Waals surface area contributed by atoms with Gasteiger partial charge in [0.2, 0.25) is 0 Å². The highest BCUT2D eigenvalue weighted by Gasteiger charge is 2.10. The molecule has 2 rings (SSSR count). The Balaban J connectivity index is 1.87. The molecular formula is C14H13ClN4O2S. The van der Waals surface area contributed by atoms with Crippen LogP contribution in [-0.4, -0.2) is 21.8 Å². The number of H-pyrrole nitrogens is 1. The molecule has 0 radical (unpaired) electrons. The number of amides is 1. The highest BCUT2D eigenvalue weighted by atomic mass is 35.5. The van der Waals surface area contributed by atoms with E-state index < -0.39 is 5.91 Å². The summed E-state index contributed by atoms with van der Waals surface area (Å²) in [5.74, 6) is -0.566. The molecule has 0 aliphatic rings. The molecule has 114 valence electrons. The standard InChI is InChI=1S/C14H13ClN4O2S/c1-8(20)9-5-12(16-7-9)13(21)18-19-14(22)17-11-4-2-3-10(15)6-11/h2-7,16H,1H3,(H,18,21)(H2,17,19,22). The monoisotopic (exact) mass is 336 g/mol. The fraction of sp³-hybridized carbons (Fsp3) is 0.0714. The van der Waals surface area contributed by atoms with Gasteiger partial charge >= 0.3 is 0 Å². The minimum Gasteiger partial charge on any atom is -0.356 e. The maximum atomic E-state index is 11.9. The Kier molecular flexibility index (Phi) is 5.13. The molecule has 0 aliphatic carbocycles. The SMILES string of the molecule is CC(=O)c1c[nH]c(C(=O)NNC(=S)Nc2cccc(Cl)c2)c1. The number of hydrogen-bond donors (Lipinski definition) is 4. The molecular weight excluding hydrogens is 324 g/mol. The van der Waals surface area contributed by atoms with Crippen LogP contribution in [0, 0.1) is 0 Å². The van der Waals surface area contributed by atoms with E-state index in [-0.39, 0.29) is 16.6 Å². The predicted molar refractivity (Wildman–Crippen MR) is 89.1 cm³/mol. The highest BCUT2D eigenvalue weighted by molar-refractivity contribution is 7.80. The largest absolute Gasteiger partial charge is 0.356 e. The van der Waals surface area contributed by atoms with Gasteiger partial charge in [-0.25, -0.2) is 0 Å². The summed E-state index contributed by atoms with van der Waals surface area (Å²) in [7, 11) is 0. The first-order chi connectivity index (χ1) is 10.5. The number of benzene rings is 1. The second kappa shape index (κ2) is 7.06. The molecule has 1 aromatic heterocycles. The summed E-state index contributed by atoms with van der Waals surface area (Å²) in [6.45, 7) is 1.42. The fourth-order valence-electron chi connectivity index (χ4n) is 1.64. The van der Waals surface area contributed by atoms with Crippen molar-refractivity contribution < 1.29 is 9.59 Å². The molecule has 1 aromatic carbocycles. The number of aromatic amines is 1. The highest BCUT2D eigenvalue weighted by Crippen LogP contribution is 2.14. The molecule has 0 aliphatic heterocycles. The maximum absolute atomic E-state index is 11.9. The Bertz CT molecular complexity index is 729. The lowest BCUT2D eigenvalue weighted by atomic mass is 10.2. The number of ketones is 1.